The van der Waals surface area contributed by atoms with E-state index in [0.29, 0.717) is 31.6 Å². The van der Waals surface area contributed by atoms with Gasteiger partial charge < -0.3 is 33.8 Å². The van der Waals surface area contributed by atoms with Gasteiger partial charge in [0.05, 0.1) is 26.4 Å². The lowest BCUT2D eigenvalue weighted by Gasteiger charge is -2.21. The van der Waals surface area contributed by atoms with Crippen molar-refractivity contribution in [3.63, 3.8) is 0 Å². The van der Waals surface area contributed by atoms with Crippen molar-refractivity contribution in [1.29, 1.82) is 0 Å². The maximum absolute atomic E-state index is 13.1. The lowest BCUT2D eigenvalue weighted by atomic mass is 10.0. The molecule has 5 atom stereocenters. The Morgan fingerprint density at radius 3 is 0.708 bits per heavy atom. The van der Waals surface area contributed by atoms with Crippen molar-refractivity contribution in [3.8, 4) is 0 Å². The van der Waals surface area contributed by atoms with Crippen molar-refractivity contribution in [2.24, 2.45) is 11.8 Å². The molecule has 19 heteroatoms. The minimum Gasteiger partial charge on any atom is -0.462 e. The number of phosphoric acid groups is 2. The number of phosphoric ester groups is 2. The number of rotatable bonds is 76. The zero-order valence-electron chi connectivity index (χ0n) is 62.7. The van der Waals surface area contributed by atoms with E-state index in [1.54, 1.807) is 0 Å². The summed E-state index contributed by atoms with van der Waals surface area (Å²) in [6, 6.07) is 0. The topological polar surface area (TPSA) is 237 Å². The highest BCUT2D eigenvalue weighted by molar-refractivity contribution is 7.47. The molecule has 0 fully saturated rings. The van der Waals surface area contributed by atoms with Crippen LogP contribution >= 0.6 is 15.6 Å². The predicted molar refractivity (Wildman–Crippen MR) is 391 cm³/mol. The van der Waals surface area contributed by atoms with Gasteiger partial charge in [0.2, 0.25) is 0 Å². The van der Waals surface area contributed by atoms with Crippen LogP contribution in [0.15, 0.2) is 0 Å². The number of ether oxygens (including phenoxy) is 4. The monoisotopic (exact) mass is 1410 g/mol. The highest BCUT2D eigenvalue weighted by Gasteiger charge is 2.30. The van der Waals surface area contributed by atoms with Crippen LogP contribution in [0.25, 0.3) is 0 Å². The molecule has 3 N–H and O–H groups in total. The fraction of sp³-hybridized carbons (Fsp3) is 0.948. The number of hydrogen-bond acceptors (Lipinski definition) is 15. The van der Waals surface area contributed by atoms with Gasteiger partial charge >= 0.3 is 39.5 Å². The van der Waals surface area contributed by atoms with Gasteiger partial charge in [-0.25, -0.2) is 9.13 Å². The summed E-state index contributed by atoms with van der Waals surface area (Å²) < 4.78 is 68.5. The zero-order valence-corrected chi connectivity index (χ0v) is 64.5. The molecule has 570 valence electrons. The molecule has 0 heterocycles. The van der Waals surface area contributed by atoms with E-state index in [1.807, 2.05) is 0 Å². The second-order valence-corrected chi connectivity index (χ2v) is 31.6. The Morgan fingerprint density at radius 1 is 0.281 bits per heavy atom. The van der Waals surface area contributed by atoms with Gasteiger partial charge in [0.25, 0.3) is 0 Å². The largest absolute Gasteiger partial charge is 0.472 e. The van der Waals surface area contributed by atoms with Crippen molar-refractivity contribution in [2.45, 2.75) is 419 Å². The van der Waals surface area contributed by atoms with Crippen LogP contribution in [0.4, 0.5) is 0 Å². The Morgan fingerprint density at radius 2 is 0.479 bits per heavy atom. The van der Waals surface area contributed by atoms with Crippen LogP contribution in [0.5, 0.6) is 0 Å². The summed E-state index contributed by atoms with van der Waals surface area (Å²) in [6.07, 6.45) is 57.1. The van der Waals surface area contributed by atoms with Gasteiger partial charge in [0.1, 0.15) is 19.3 Å². The van der Waals surface area contributed by atoms with Crippen molar-refractivity contribution < 1.29 is 80.2 Å². The van der Waals surface area contributed by atoms with Crippen LogP contribution < -0.4 is 0 Å². The highest BCUT2D eigenvalue weighted by atomic mass is 31.2. The van der Waals surface area contributed by atoms with E-state index in [2.05, 4.69) is 41.5 Å². The smallest absolute Gasteiger partial charge is 0.462 e. The molecule has 0 aliphatic heterocycles. The summed E-state index contributed by atoms with van der Waals surface area (Å²) >= 11 is 0. The first-order valence-electron chi connectivity index (χ1n) is 40.0. The quantitative estimate of drug-likeness (QED) is 0.0222. The van der Waals surface area contributed by atoms with E-state index in [1.165, 1.54) is 212 Å². The molecule has 0 radical (unpaired) electrons. The van der Waals surface area contributed by atoms with Crippen molar-refractivity contribution >= 4 is 39.5 Å². The molecule has 0 aliphatic rings. The Balaban J connectivity index is 5.19. The second-order valence-electron chi connectivity index (χ2n) is 28.7. The molecule has 96 heavy (non-hydrogen) atoms. The average Bonchev–Trinajstić information content (AvgIpc) is 1.79. The van der Waals surface area contributed by atoms with E-state index in [0.717, 1.165) is 102 Å². The molecule has 17 nitrogen and oxygen atoms in total. The predicted octanol–water partition coefficient (Wildman–Crippen LogP) is 22.7. The van der Waals surface area contributed by atoms with Gasteiger partial charge in [-0.3, -0.25) is 37.3 Å². The third-order valence-electron chi connectivity index (χ3n) is 18.0. The summed E-state index contributed by atoms with van der Waals surface area (Å²) in [6.45, 7) is 9.52. The second kappa shape index (κ2) is 68.8. The summed E-state index contributed by atoms with van der Waals surface area (Å²) in [5.41, 5.74) is 0. The molecule has 0 saturated carbocycles. The van der Waals surface area contributed by atoms with Gasteiger partial charge in [-0.15, -0.1) is 0 Å². The molecular weight excluding hydrogens is 1260 g/mol. The lowest BCUT2D eigenvalue weighted by Crippen LogP contribution is -2.30. The minimum atomic E-state index is -4.96. The van der Waals surface area contributed by atoms with E-state index in [-0.39, 0.29) is 25.7 Å². The van der Waals surface area contributed by atoms with E-state index in [4.69, 9.17) is 37.0 Å². The third-order valence-corrected chi connectivity index (χ3v) is 19.9. The fourth-order valence-corrected chi connectivity index (χ4v) is 13.4. The molecule has 0 aromatic heterocycles. The number of carbonyl (C=O) groups is 4. The molecule has 0 aromatic rings. The molecule has 0 aromatic carbocycles. The summed E-state index contributed by atoms with van der Waals surface area (Å²) in [7, 11) is -9.91. The Bertz CT molecular complexity index is 1860. The lowest BCUT2D eigenvalue weighted by molar-refractivity contribution is -0.161. The van der Waals surface area contributed by atoms with Crippen molar-refractivity contribution in [1.82, 2.24) is 0 Å². The van der Waals surface area contributed by atoms with Crippen LogP contribution in [0, 0.1) is 11.8 Å². The molecular formula is C77H150O17P2. The SMILES string of the molecule is CCCCCCCCCCCCCCCCCCCCCCCC(=O)O[C@H](COC(=O)CCCCCCCCCCCCCC(C)C)COP(=O)(O)OC[C@@H](O)COP(=O)(O)OC[C@@H](COC(=O)CCCCCCCCC(C)C)OC(=O)CCCCCCCCCCCCCC. The van der Waals surface area contributed by atoms with Crippen LogP contribution in [0.1, 0.15) is 401 Å². The Kier molecular flexibility index (Phi) is 67.4. The molecule has 0 spiro atoms. The van der Waals surface area contributed by atoms with Gasteiger partial charge in [-0.2, -0.15) is 0 Å². The molecule has 0 aliphatic carbocycles. The molecule has 0 amide bonds. The summed E-state index contributed by atoms with van der Waals surface area (Å²) in [4.78, 5) is 72.8. The fourth-order valence-electron chi connectivity index (χ4n) is 11.8. The number of unbranched alkanes of at least 4 members (excludes halogenated alkanes) is 46. The standard InChI is InChI=1S/C77H150O17P2/c1-7-9-11-13-15-17-19-21-22-23-24-25-26-27-28-29-33-38-42-50-56-62-77(82)93-72(65-87-74(79)59-53-47-40-36-34-30-31-35-39-45-51-57-69(3)4)67-91-95(83,84)89-63-71(78)64-90-96(85,86)92-68-73(66-88-75(80)60-54-48-44-43-46-52-58-70(5)6)94-76(81)61-55-49-41-37-32-20-18-16-14-12-10-8-2/h69-73,78H,7-68H2,1-6H3,(H,83,84)(H,85,86)/t71-,72-,73-/m1/s1. The van der Waals surface area contributed by atoms with E-state index in [9.17, 15) is 43.2 Å². The van der Waals surface area contributed by atoms with E-state index >= 15 is 0 Å². The first-order valence-corrected chi connectivity index (χ1v) is 43.0. The number of carbonyl (C=O) groups excluding carboxylic acids is 4. The number of aliphatic hydroxyl groups excluding tert-OH is 1. The zero-order chi connectivity index (χ0) is 70.7. The van der Waals surface area contributed by atoms with Crippen LogP contribution in [0.2, 0.25) is 0 Å². The first-order chi connectivity index (χ1) is 46.4. The van der Waals surface area contributed by atoms with Crippen LogP contribution in [0.3, 0.4) is 0 Å². The molecule has 0 rings (SSSR count). The van der Waals surface area contributed by atoms with Gasteiger partial charge in [-0.05, 0) is 37.5 Å². The minimum absolute atomic E-state index is 0.106. The number of hydrogen-bond donors (Lipinski definition) is 3. The molecule has 2 unspecified atom stereocenters. The maximum atomic E-state index is 13.1. The summed E-state index contributed by atoms with van der Waals surface area (Å²) in [5.74, 6) is -0.666. The van der Waals surface area contributed by atoms with Gasteiger partial charge in [-0.1, -0.05) is 350 Å². The average molecular weight is 1410 g/mol. The van der Waals surface area contributed by atoms with Crippen molar-refractivity contribution in [2.75, 3.05) is 39.6 Å². The maximum Gasteiger partial charge on any atom is 0.472 e. The number of esters is 4. The first kappa shape index (κ1) is 94.1. The molecule has 0 bridgehead atoms. The van der Waals surface area contributed by atoms with Crippen molar-refractivity contribution in [3.05, 3.63) is 0 Å². The normalized spacial score (nSPS) is 14.0. The van der Waals surface area contributed by atoms with Crippen LogP contribution in [-0.4, -0.2) is 96.7 Å². The summed E-state index contributed by atoms with van der Waals surface area (Å²) in [5, 5.41) is 10.6. The Hall–Kier alpha value is -1.94. The molecule has 0 saturated heterocycles. The Labute approximate surface area is 588 Å². The van der Waals surface area contributed by atoms with Crippen LogP contribution in [-0.2, 0) is 65.4 Å². The van der Waals surface area contributed by atoms with Gasteiger partial charge in [0.15, 0.2) is 12.2 Å². The van der Waals surface area contributed by atoms with E-state index < -0.39 is 97.5 Å². The van der Waals surface area contributed by atoms with Gasteiger partial charge in [0, 0.05) is 25.7 Å². The number of aliphatic hydroxyl groups is 1. The third kappa shape index (κ3) is 70.5. The highest BCUT2D eigenvalue weighted by Crippen LogP contribution is 2.45.